The van der Waals surface area contributed by atoms with Gasteiger partial charge in [-0.2, -0.15) is 0 Å². The lowest BCUT2D eigenvalue weighted by atomic mass is 10.1. The van der Waals surface area contributed by atoms with E-state index >= 15 is 0 Å². The first kappa shape index (κ1) is 9.96. The molecule has 0 aromatic carbocycles. The first-order valence-corrected chi connectivity index (χ1v) is 5.19. The van der Waals surface area contributed by atoms with E-state index in [0.717, 1.165) is 24.0 Å². The van der Waals surface area contributed by atoms with Gasteiger partial charge in [0, 0.05) is 25.0 Å². The van der Waals surface area contributed by atoms with Crippen LogP contribution >= 0.6 is 0 Å². The molecule has 2 amide bonds. The van der Waals surface area contributed by atoms with Crippen LogP contribution in [0.25, 0.3) is 0 Å². The van der Waals surface area contributed by atoms with Crippen molar-refractivity contribution in [3.8, 4) is 0 Å². The van der Waals surface area contributed by atoms with Gasteiger partial charge in [0.2, 0.25) is 0 Å². The van der Waals surface area contributed by atoms with Gasteiger partial charge in [0.1, 0.15) is 0 Å². The van der Waals surface area contributed by atoms with Gasteiger partial charge in [-0.25, -0.2) is 4.79 Å². The van der Waals surface area contributed by atoms with Gasteiger partial charge < -0.3 is 10.6 Å². The molecule has 1 heterocycles. The van der Waals surface area contributed by atoms with E-state index in [9.17, 15) is 4.79 Å². The van der Waals surface area contributed by atoms with Crippen molar-refractivity contribution in [2.75, 3.05) is 0 Å². The summed E-state index contributed by atoms with van der Waals surface area (Å²) in [4.78, 5) is 15.3. The summed E-state index contributed by atoms with van der Waals surface area (Å²) in [5, 5.41) is 5.71. The van der Waals surface area contributed by atoms with Gasteiger partial charge in [-0.15, -0.1) is 0 Å². The molecule has 1 aliphatic rings. The molecule has 4 nitrogen and oxygen atoms in total. The van der Waals surface area contributed by atoms with Crippen LogP contribution in [0.3, 0.4) is 0 Å². The molecule has 1 fully saturated rings. The minimum absolute atomic E-state index is 0.0753. The van der Waals surface area contributed by atoms with Crippen LogP contribution in [-0.4, -0.2) is 17.1 Å². The maximum Gasteiger partial charge on any atom is 0.315 e. The van der Waals surface area contributed by atoms with Crippen LogP contribution in [-0.2, 0) is 6.54 Å². The topological polar surface area (TPSA) is 54.0 Å². The van der Waals surface area contributed by atoms with Crippen LogP contribution in [0.4, 0.5) is 4.79 Å². The molecule has 1 aromatic rings. The zero-order valence-corrected chi connectivity index (χ0v) is 8.79. The van der Waals surface area contributed by atoms with Crippen LogP contribution in [0.1, 0.15) is 24.0 Å². The summed E-state index contributed by atoms with van der Waals surface area (Å²) in [5.41, 5.74) is 2.21. The largest absolute Gasteiger partial charge is 0.335 e. The van der Waals surface area contributed by atoms with E-state index < -0.39 is 0 Å². The lowest BCUT2D eigenvalue weighted by molar-refractivity contribution is 0.240. The Hall–Kier alpha value is -1.58. The predicted octanol–water partition coefficient (Wildman–Crippen LogP) is 1.35. The van der Waals surface area contributed by atoms with E-state index in [4.69, 9.17) is 0 Å². The van der Waals surface area contributed by atoms with E-state index in [0.29, 0.717) is 12.6 Å². The van der Waals surface area contributed by atoms with Gasteiger partial charge in [0.25, 0.3) is 0 Å². The molecule has 0 radical (unpaired) electrons. The molecule has 0 bridgehead atoms. The number of carbonyl (C=O) groups is 1. The molecule has 4 heteroatoms. The normalized spacial score (nSPS) is 14.7. The van der Waals surface area contributed by atoms with Crippen LogP contribution < -0.4 is 10.6 Å². The molecule has 1 saturated carbocycles. The lowest BCUT2D eigenvalue weighted by Gasteiger charge is -2.08. The van der Waals surface area contributed by atoms with Gasteiger partial charge >= 0.3 is 6.03 Å². The maximum atomic E-state index is 11.3. The van der Waals surface area contributed by atoms with Crippen LogP contribution in [0.15, 0.2) is 18.5 Å². The smallest absolute Gasteiger partial charge is 0.315 e. The molecule has 80 valence electrons. The molecule has 2 rings (SSSR count). The number of hydrogen-bond donors (Lipinski definition) is 2. The van der Waals surface area contributed by atoms with Crippen LogP contribution in [0, 0.1) is 6.92 Å². The Morgan fingerprint density at radius 3 is 3.07 bits per heavy atom. The maximum absolute atomic E-state index is 11.3. The Kier molecular flexibility index (Phi) is 2.85. The molecule has 1 aliphatic carbocycles. The van der Waals surface area contributed by atoms with Gasteiger partial charge in [-0.05, 0) is 37.0 Å². The fraction of sp³-hybridized carbons (Fsp3) is 0.455. The van der Waals surface area contributed by atoms with Gasteiger partial charge in [0.05, 0.1) is 0 Å². The van der Waals surface area contributed by atoms with Gasteiger partial charge in [-0.1, -0.05) is 0 Å². The third kappa shape index (κ3) is 2.94. The molecule has 15 heavy (non-hydrogen) atoms. The minimum atomic E-state index is -0.0753. The standard InChI is InChI=1S/C11H15N3O/c1-8-6-12-5-4-9(8)7-13-11(15)14-10-2-3-10/h4-6,10H,2-3,7H2,1H3,(H2,13,14,15). The fourth-order valence-corrected chi connectivity index (χ4v) is 1.34. The third-order valence-corrected chi connectivity index (χ3v) is 2.49. The molecular weight excluding hydrogens is 190 g/mol. The summed E-state index contributed by atoms with van der Waals surface area (Å²) in [5.74, 6) is 0. The average Bonchev–Trinajstić information content (AvgIpc) is 3.00. The predicted molar refractivity (Wildman–Crippen MR) is 57.4 cm³/mol. The summed E-state index contributed by atoms with van der Waals surface area (Å²) in [6, 6.07) is 2.25. The van der Waals surface area contributed by atoms with E-state index in [-0.39, 0.29) is 6.03 Å². The highest BCUT2D eigenvalue weighted by molar-refractivity contribution is 5.74. The number of nitrogens with zero attached hydrogens (tertiary/aromatic N) is 1. The monoisotopic (exact) mass is 205 g/mol. The molecule has 0 saturated heterocycles. The second kappa shape index (κ2) is 4.29. The number of nitrogens with one attached hydrogen (secondary N) is 2. The number of rotatable bonds is 3. The molecule has 0 atom stereocenters. The van der Waals surface area contributed by atoms with Crippen LogP contribution in [0.2, 0.25) is 0 Å². The number of carbonyl (C=O) groups excluding carboxylic acids is 1. The number of amides is 2. The first-order chi connectivity index (χ1) is 7.25. The van der Waals surface area contributed by atoms with Crippen molar-refractivity contribution in [2.24, 2.45) is 0 Å². The summed E-state index contributed by atoms with van der Waals surface area (Å²) < 4.78 is 0. The summed E-state index contributed by atoms with van der Waals surface area (Å²) >= 11 is 0. The Labute approximate surface area is 89.1 Å². The fourth-order valence-electron chi connectivity index (χ4n) is 1.34. The van der Waals surface area contributed by atoms with Crippen molar-refractivity contribution in [1.82, 2.24) is 15.6 Å². The molecular formula is C11H15N3O. The SMILES string of the molecule is Cc1cnccc1CNC(=O)NC1CC1. The van der Waals surface area contributed by atoms with Crippen molar-refractivity contribution in [1.29, 1.82) is 0 Å². The summed E-state index contributed by atoms with van der Waals surface area (Å²) in [6.45, 7) is 2.55. The van der Waals surface area contributed by atoms with E-state index in [1.165, 1.54) is 0 Å². The first-order valence-electron chi connectivity index (χ1n) is 5.19. The quantitative estimate of drug-likeness (QED) is 0.782. The Morgan fingerprint density at radius 1 is 1.60 bits per heavy atom. The molecule has 0 aliphatic heterocycles. The highest BCUT2D eigenvalue weighted by Gasteiger charge is 2.22. The molecule has 0 unspecified atom stereocenters. The number of urea groups is 1. The van der Waals surface area contributed by atoms with Crippen molar-refractivity contribution in [2.45, 2.75) is 32.4 Å². The second-order valence-corrected chi connectivity index (χ2v) is 3.90. The summed E-state index contributed by atoms with van der Waals surface area (Å²) in [7, 11) is 0. The average molecular weight is 205 g/mol. The molecule has 1 aromatic heterocycles. The van der Waals surface area contributed by atoms with E-state index in [1.54, 1.807) is 12.4 Å². The zero-order chi connectivity index (χ0) is 10.7. The number of hydrogen-bond acceptors (Lipinski definition) is 2. The number of aromatic nitrogens is 1. The molecule has 0 spiro atoms. The third-order valence-electron chi connectivity index (χ3n) is 2.49. The summed E-state index contributed by atoms with van der Waals surface area (Å²) in [6.07, 6.45) is 5.77. The lowest BCUT2D eigenvalue weighted by Crippen LogP contribution is -2.36. The Balaban J connectivity index is 1.81. The number of aryl methyl sites for hydroxylation is 1. The van der Waals surface area contributed by atoms with Crippen molar-refractivity contribution in [3.05, 3.63) is 29.6 Å². The van der Waals surface area contributed by atoms with Crippen molar-refractivity contribution < 1.29 is 4.79 Å². The molecule has 2 N–H and O–H groups in total. The van der Waals surface area contributed by atoms with Crippen molar-refractivity contribution in [3.63, 3.8) is 0 Å². The highest BCUT2D eigenvalue weighted by atomic mass is 16.2. The second-order valence-electron chi connectivity index (χ2n) is 3.90. The Morgan fingerprint density at radius 2 is 2.40 bits per heavy atom. The van der Waals surface area contributed by atoms with E-state index in [1.807, 2.05) is 13.0 Å². The van der Waals surface area contributed by atoms with Crippen molar-refractivity contribution >= 4 is 6.03 Å². The van der Waals surface area contributed by atoms with E-state index in [2.05, 4.69) is 15.6 Å². The Bertz CT molecular complexity index is 361. The number of pyridine rings is 1. The minimum Gasteiger partial charge on any atom is -0.335 e. The zero-order valence-electron chi connectivity index (χ0n) is 8.79. The van der Waals surface area contributed by atoms with Gasteiger partial charge in [-0.3, -0.25) is 4.98 Å². The van der Waals surface area contributed by atoms with Gasteiger partial charge in [0.15, 0.2) is 0 Å². The van der Waals surface area contributed by atoms with Crippen LogP contribution in [0.5, 0.6) is 0 Å². The highest BCUT2D eigenvalue weighted by Crippen LogP contribution is 2.18.